The van der Waals surface area contributed by atoms with Gasteiger partial charge in [0.25, 0.3) is 0 Å². The van der Waals surface area contributed by atoms with Gasteiger partial charge in [-0.1, -0.05) is 6.07 Å². The van der Waals surface area contributed by atoms with Crippen LogP contribution in [0.5, 0.6) is 11.6 Å². The zero-order valence-corrected chi connectivity index (χ0v) is 11.2. The largest absolute Gasteiger partial charge is 0.616 e. The van der Waals surface area contributed by atoms with E-state index in [1.165, 1.54) is 12.3 Å². The van der Waals surface area contributed by atoms with Crippen molar-refractivity contribution in [3.05, 3.63) is 58.4 Å². The number of aromatic nitrogens is 1. The molecule has 0 spiro atoms. The Balaban J connectivity index is 2.08. The number of carbonyl (C=O) groups is 1. The first kappa shape index (κ1) is 13.4. The molecule has 108 valence electrons. The van der Waals surface area contributed by atoms with E-state index in [-0.39, 0.29) is 5.88 Å². The monoisotopic (exact) mass is 287 g/mol. The molecule has 2 N–H and O–H groups in total. The average Bonchev–Trinajstić information content (AvgIpc) is 2.47. The molecule has 1 aromatic carbocycles. The Labute approximate surface area is 120 Å². The molecule has 0 radical (unpaired) electrons. The Kier molecular flexibility index (Phi) is 3.03. The molecule has 1 aliphatic heterocycles. The molecule has 6 nitrogen and oxygen atoms in total. The Morgan fingerprint density at radius 3 is 2.86 bits per heavy atom. The van der Waals surface area contributed by atoms with Crippen molar-refractivity contribution in [1.29, 1.82) is 0 Å². The molecule has 2 heterocycles. The van der Waals surface area contributed by atoms with Crippen LogP contribution in [0.25, 0.3) is 0 Å². The highest BCUT2D eigenvalue weighted by Gasteiger charge is 2.32. The van der Waals surface area contributed by atoms with Gasteiger partial charge in [0.15, 0.2) is 6.20 Å². The molecule has 3 rings (SSSR count). The molecular weight excluding hydrogens is 274 g/mol. The zero-order chi connectivity index (χ0) is 15.1. The first-order valence-electron chi connectivity index (χ1n) is 6.43. The number of fused-ring (bicyclic) bond motifs is 2. The van der Waals surface area contributed by atoms with Crippen LogP contribution in [-0.4, -0.2) is 16.2 Å². The molecule has 2 unspecified atom stereocenters. The number of nitrogens with zero attached hydrogens (tertiary/aromatic N) is 1. The summed E-state index contributed by atoms with van der Waals surface area (Å²) in [6, 6.07) is 7.92. The molecule has 0 fully saturated rings. The van der Waals surface area contributed by atoms with Gasteiger partial charge in [-0.3, -0.25) is 4.79 Å². The van der Waals surface area contributed by atoms with E-state index in [0.29, 0.717) is 27.2 Å². The van der Waals surface area contributed by atoms with Crippen molar-refractivity contribution < 1.29 is 24.5 Å². The number of hydrogen-bond donors (Lipinski definition) is 2. The predicted octanol–water partition coefficient (Wildman–Crippen LogP) is 1.70. The minimum atomic E-state index is -1.02. The van der Waals surface area contributed by atoms with Gasteiger partial charge in [-0.15, -0.1) is 4.73 Å². The van der Waals surface area contributed by atoms with Crippen LogP contribution in [0.1, 0.15) is 35.6 Å². The van der Waals surface area contributed by atoms with Gasteiger partial charge in [0.05, 0.1) is 11.5 Å². The average molecular weight is 287 g/mol. The topological polar surface area (TPSA) is 93.7 Å². The molecule has 0 bridgehead atoms. The van der Waals surface area contributed by atoms with Crippen LogP contribution in [0.2, 0.25) is 0 Å². The van der Waals surface area contributed by atoms with E-state index in [1.807, 2.05) is 0 Å². The second-order valence-electron chi connectivity index (χ2n) is 4.96. The Morgan fingerprint density at radius 2 is 2.14 bits per heavy atom. The van der Waals surface area contributed by atoms with Crippen LogP contribution in [-0.2, 0) is 4.79 Å². The van der Waals surface area contributed by atoms with Gasteiger partial charge in [0.2, 0.25) is 0 Å². The molecule has 2 atom stereocenters. The molecule has 6 heteroatoms. The van der Waals surface area contributed by atoms with E-state index in [1.54, 1.807) is 31.2 Å². The predicted molar refractivity (Wildman–Crippen MR) is 72.0 cm³/mol. The highest BCUT2D eigenvalue weighted by Crippen LogP contribution is 2.41. The van der Waals surface area contributed by atoms with Gasteiger partial charge in [0, 0.05) is 11.6 Å². The van der Waals surface area contributed by atoms with Crippen molar-refractivity contribution in [2.24, 2.45) is 0 Å². The Bertz CT molecular complexity index is 728. The number of carboxylic acid groups (broad SMARTS) is 1. The number of benzene rings is 1. The summed E-state index contributed by atoms with van der Waals surface area (Å²) in [7, 11) is 0. The molecule has 2 aromatic rings. The van der Waals surface area contributed by atoms with Gasteiger partial charge in [-0.25, -0.2) is 0 Å². The zero-order valence-electron chi connectivity index (χ0n) is 11.2. The summed E-state index contributed by atoms with van der Waals surface area (Å²) in [6.45, 7) is 1.57. The maximum absolute atomic E-state index is 11.7. The summed E-state index contributed by atoms with van der Waals surface area (Å²) in [6.07, 6.45) is 0.267. The number of carboxylic acids is 1. The standard InChI is InChI=1S/C15H13NO5/c1-8(15(18)19)9-4-5-12-11(7-9)13(17)10-3-2-6-16(20)14(10)21-12/h2-8,13,17H,1H3,(H,18,19). The number of hydrogen-bond acceptors (Lipinski definition) is 4. The minimum Gasteiger partial charge on any atom is -0.616 e. The molecular formula is C15H13NO5. The fraction of sp³-hybridized carbons (Fsp3) is 0.200. The summed E-state index contributed by atoms with van der Waals surface area (Å²) in [5.74, 6) is -1.24. The second kappa shape index (κ2) is 4.75. The van der Waals surface area contributed by atoms with Crippen molar-refractivity contribution in [3.63, 3.8) is 0 Å². The van der Waals surface area contributed by atoms with Crippen LogP contribution in [0.4, 0.5) is 0 Å². The van der Waals surface area contributed by atoms with Gasteiger partial charge in [0.1, 0.15) is 11.9 Å². The number of pyridine rings is 1. The lowest BCUT2D eigenvalue weighted by Crippen LogP contribution is -2.31. The minimum absolute atomic E-state index is 0.0385. The fourth-order valence-corrected chi connectivity index (χ4v) is 2.36. The third kappa shape index (κ3) is 2.09. The Morgan fingerprint density at radius 1 is 1.38 bits per heavy atom. The third-order valence-electron chi connectivity index (χ3n) is 3.64. The quantitative estimate of drug-likeness (QED) is 0.647. The highest BCUT2D eigenvalue weighted by atomic mass is 16.6. The van der Waals surface area contributed by atoms with Gasteiger partial charge in [-0.05, 0) is 30.7 Å². The number of ether oxygens (including phenoxy) is 1. The van der Waals surface area contributed by atoms with Crippen molar-refractivity contribution in [1.82, 2.24) is 0 Å². The highest BCUT2D eigenvalue weighted by molar-refractivity contribution is 5.75. The molecule has 0 saturated carbocycles. The van der Waals surface area contributed by atoms with Crippen LogP contribution in [0.3, 0.4) is 0 Å². The van der Waals surface area contributed by atoms with E-state index in [2.05, 4.69) is 0 Å². The molecule has 0 aliphatic carbocycles. The van der Waals surface area contributed by atoms with E-state index in [0.717, 1.165) is 0 Å². The Hall–Kier alpha value is -2.60. The number of aliphatic hydroxyl groups is 1. The SMILES string of the molecule is CC(C(=O)O)c1ccc2c(c1)C(O)c1ccc[n+]([O-])c1O2. The van der Waals surface area contributed by atoms with E-state index in [9.17, 15) is 15.1 Å². The molecule has 1 aliphatic rings. The van der Waals surface area contributed by atoms with Crippen LogP contribution in [0.15, 0.2) is 36.5 Å². The van der Waals surface area contributed by atoms with Gasteiger partial charge < -0.3 is 20.2 Å². The van der Waals surface area contributed by atoms with Crippen molar-refractivity contribution in [2.45, 2.75) is 18.9 Å². The molecule has 0 amide bonds. The van der Waals surface area contributed by atoms with E-state index in [4.69, 9.17) is 9.84 Å². The summed E-state index contributed by atoms with van der Waals surface area (Å²) in [5.41, 5.74) is 1.39. The number of aliphatic carboxylic acids is 1. The normalized spacial score (nSPS) is 17.3. The van der Waals surface area contributed by atoms with Crippen LogP contribution in [0, 0.1) is 5.21 Å². The summed E-state index contributed by atoms with van der Waals surface area (Å²) in [4.78, 5) is 11.1. The van der Waals surface area contributed by atoms with Gasteiger partial charge >= 0.3 is 11.8 Å². The summed E-state index contributed by atoms with van der Waals surface area (Å²) >= 11 is 0. The summed E-state index contributed by atoms with van der Waals surface area (Å²) in [5, 5.41) is 31.2. The van der Waals surface area contributed by atoms with Crippen molar-refractivity contribution in [2.75, 3.05) is 0 Å². The lowest BCUT2D eigenvalue weighted by Gasteiger charge is -2.23. The lowest BCUT2D eigenvalue weighted by molar-refractivity contribution is -0.612. The molecule has 21 heavy (non-hydrogen) atoms. The van der Waals surface area contributed by atoms with E-state index < -0.39 is 18.0 Å². The fourth-order valence-electron chi connectivity index (χ4n) is 2.36. The first-order chi connectivity index (χ1) is 9.99. The first-order valence-corrected chi connectivity index (χ1v) is 6.43. The van der Waals surface area contributed by atoms with Crippen LogP contribution >= 0.6 is 0 Å². The van der Waals surface area contributed by atoms with Crippen molar-refractivity contribution in [3.8, 4) is 11.6 Å². The smallest absolute Gasteiger partial charge is 0.391 e. The third-order valence-corrected chi connectivity index (χ3v) is 3.64. The van der Waals surface area contributed by atoms with E-state index >= 15 is 0 Å². The van der Waals surface area contributed by atoms with Crippen molar-refractivity contribution >= 4 is 5.97 Å². The molecule has 0 saturated heterocycles. The maximum atomic E-state index is 11.7. The lowest BCUT2D eigenvalue weighted by atomic mass is 9.93. The summed E-state index contributed by atoms with van der Waals surface area (Å²) < 4.78 is 6.07. The number of rotatable bonds is 2. The van der Waals surface area contributed by atoms with Gasteiger partial charge in [-0.2, -0.15) is 0 Å². The van der Waals surface area contributed by atoms with Crippen LogP contribution < -0.4 is 9.47 Å². The maximum Gasteiger partial charge on any atom is 0.391 e. The second-order valence-corrected chi connectivity index (χ2v) is 4.96. The molecule has 1 aromatic heterocycles. The number of aliphatic hydroxyl groups excluding tert-OH is 1.